The Morgan fingerprint density at radius 1 is 1.06 bits per heavy atom. The van der Waals surface area contributed by atoms with Gasteiger partial charge in [0.15, 0.2) is 0 Å². The molecule has 0 N–H and O–H groups in total. The van der Waals surface area contributed by atoms with Crippen molar-refractivity contribution in [2.24, 2.45) is 0 Å². The van der Waals surface area contributed by atoms with Gasteiger partial charge in [-0.2, -0.15) is 0 Å². The Labute approximate surface area is 109 Å². The van der Waals surface area contributed by atoms with Crippen LogP contribution in [0.25, 0.3) is 10.1 Å². The zero-order valence-electron chi connectivity index (χ0n) is 11.0. The predicted octanol–water partition coefficient (Wildman–Crippen LogP) is 5.72. The van der Waals surface area contributed by atoms with Crippen molar-refractivity contribution in [1.29, 1.82) is 0 Å². The first-order chi connectivity index (χ1) is 8.31. The largest absolute Gasteiger partial charge is 0.144 e. The summed E-state index contributed by atoms with van der Waals surface area (Å²) >= 11 is 1.86. The molecule has 92 valence electrons. The maximum Gasteiger partial charge on any atom is 0.0372 e. The van der Waals surface area contributed by atoms with Crippen LogP contribution in [0.15, 0.2) is 23.6 Å². The molecular weight excluding hydrogens is 224 g/mol. The fraction of sp³-hybridized carbons (Fsp3) is 0.500. The van der Waals surface area contributed by atoms with Gasteiger partial charge in [-0.3, -0.25) is 0 Å². The summed E-state index contributed by atoms with van der Waals surface area (Å²) in [5.74, 6) is 0. The Kier molecular flexibility index (Phi) is 4.61. The van der Waals surface area contributed by atoms with Crippen molar-refractivity contribution in [3.8, 4) is 0 Å². The first-order valence-electron chi connectivity index (χ1n) is 6.78. The maximum absolute atomic E-state index is 2.37. The number of fused-ring (bicyclic) bond motifs is 1. The molecule has 0 spiro atoms. The smallest absolute Gasteiger partial charge is 0.0372 e. The third kappa shape index (κ3) is 3.32. The van der Waals surface area contributed by atoms with Gasteiger partial charge in [0.2, 0.25) is 0 Å². The average molecular weight is 246 g/mol. The van der Waals surface area contributed by atoms with Crippen LogP contribution in [0.5, 0.6) is 0 Å². The summed E-state index contributed by atoms with van der Waals surface area (Å²) in [5, 5.41) is 3.63. The van der Waals surface area contributed by atoms with E-state index in [2.05, 4.69) is 37.4 Å². The molecule has 1 heterocycles. The van der Waals surface area contributed by atoms with Gasteiger partial charge in [-0.25, -0.2) is 0 Å². The molecule has 0 unspecified atom stereocenters. The fourth-order valence-corrected chi connectivity index (χ4v) is 3.27. The molecule has 0 bridgehead atoms. The molecule has 1 aromatic carbocycles. The van der Waals surface area contributed by atoms with Crippen molar-refractivity contribution in [2.45, 2.75) is 52.4 Å². The normalized spacial score (nSPS) is 11.2. The number of rotatable bonds is 6. The molecule has 0 saturated carbocycles. The summed E-state index contributed by atoms with van der Waals surface area (Å²) in [6.07, 6.45) is 8.10. The Morgan fingerprint density at radius 3 is 2.71 bits per heavy atom. The van der Waals surface area contributed by atoms with Gasteiger partial charge in [-0.05, 0) is 47.7 Å². The first kappa shape index (κ1) is 12.6. The maximum atomic E-state index is 2.37. The molecule has 2 rings (SSSR count). The average Bonchev–Trinajstić information content (AvgIpc) is 2.77. The molecule has 0 aliphatic heterocycles. The van der Waals surface area contributed by atoms with Crippen LogP contribution in [0.2, 0.25) is 0 Å². The number of aryl methyl sites for hydroxylation is 2. The monoisotopic (exact) mass is 246 g/mol. The third-order valence-electron chi connectivity index (χ3n) is 3.37. The van der Waals surface area contributed by atoms with Crippen molar-refractivity contribution >= 4 is 21.4 Å². The topological polar surface area (TPSA) is 0 Å². The summed E-state index contributed by atoms with van der Waals surface area (Å²) in [6.45, 7) is 4.51. The second-order valence-corrected chi connectivity index (χ2v) is 5.83. The van der Waals surface area contributed by atoms with Crippen molar-refractivity contribution < 1.29 is 0 Å². The van der Waals surface area contributed by atoms with Gasteiger partial charge >= 0.3 is 0 Å². The third-order valence-corrected chi connectivity index (χ3v) is 4.43. The number of thiophene rings is 1. The Balaban J connectivity index is 1.94. The van der Waals surface area contributed by atoms with E-state index in [-0.39, 0.29) is 0 Å². The van der Waals surface area contributed by atoms with Gasteiger partial charge in [0.1, 0.15) is 0 Å². The van der Waals surface area contributed by atoms with E-state index in [0.29, 0.717) is 0 Å². The van der Waals surface area contributed by atoms with Crippen molar-refractivity contribution in [3.63, 3.8) is 0 Å². The van der Waals surface area contributed by atoms with Crippen LogP contribution < -0.4 is 0 Å². The van der Waals surface area contributed by atoms with E-state index in [1.807, 2.05) is 11.3 Å². The van der Waals surface area contributed by atoms with Gasteiger partial charge in [-0.15, -0.1) is 11.3 Å². The van der Waals surface area contributed by atoms with E-state index in [9.17, 15) is 0 Å². The summed E-state index contributed by atoms with van der Waals surface area (Å²) in [5.41, 5.74) is 2.96. The van der Waals surface area contributed by atoms with E-state index >= 15 is 0 Å². The molecule has 1 aromatic heterocycles. The van der Waals surface area contributed by atoms with Gasteiger partial charge in [0.25, 0.3) is 0 Å². The summed E-state index contributed by atoms with van der Waals surface area (Å²) < 4.78 is 1.46. The Bertz CT molecular complexity index is 467. The second-order valence-electron chi connectivity index (χ2n) is 4.92. The van der Waals surface area contributed by atoms with Crippen LogP contribution in [-0.2, 0) is 6.42 Å². The van der Waals surface area contributed by atoms with Gasteiger partial charge in [0, 0.05) is 4.70 Å². The lowest BCUT2D eigenvalue weighted by molar-refractivity contribution is 0.632. The molecule has 0 aliphatic carbocycles. The highest BCUT2D eigenvalue weighted by Gasteiger charge is 2.02. The fourth-order valence-electron chi connectivity index (χ4n) is 2.42. The van der Waals surface area contributed by atoms with Crippen LogP contribution in [0.4, 0.5) is 0 Å². The van der Waals surface area contributed by atoms with Crippen molar-refractivity contribution in [3.05, 3.63) is 34.7 Å². The predicted molar refractivity (Wildman–Crippen MR) is 79.0 cm³/mol. The molecule has 0 saturated heterocycles. The molecule has 0 radical (unpaired) electrons. The van der Waals surface area contributed by atoms with Crippen molar-refractivity contribution in [2.75, 3.05) is 0 Å². The number of hydrogen-bond acceptors (Lipinski definition) is 1. The highest BCUT2D eigenvalue weighted by molar-refractivity contribution is 7.17. The van der Waals surface area contributed by atoms with Crippen LogP contribution in [0, 0.1) is 6.92 Å². The van der Waals surface area contributed by atoms with Gasteiger partial charge in [0.05, 0.1) is 0 Å². The van der Waals surface area contributed by atoms with Crippen LogP contribution in [-0.4, -0.2) is 0 Å². The molecular formula is C16H22S. The molecule has 0 nitrogen and oxygen atoms in total. The van der Waals surface area contributed by atoms with E-state index in [1.165, 1.54) is 59.7 Å². The minimum Gasteiger partial charge on any atom is -0.144 e. The summed E-state index contributed by atoms with van der Waals surface area (Å²) in [7, 11) is 0. The highest BCUT2D eigenvalue weighted by atomic mass is 32.1. The molecule has 2 aromatic rings. The van der Waals surface area contributed by atoms with Crippen molar-refractivity contribution in [1.82, 2.24) is 0 Å². The SMILES string of the molecule is CCCCCCCc1cc(C)c2sccc2c1. The number of benzene rings is 1. The molecule has 0 fully saturated rings. The van der Waals surface area contributed by atoms with E-state index in [4.69, 9.17) is 0 Å². The molecule has 0 amide bonds. The molecule has 0 aliphatic rings. The zero-order valence-corrected chi connectivity index (χ0v) is 11.8. The van der Waals surface area contributed by atoms with E-state index in [1.54, 1.807) is 0 Å². The van der Waals surface area contributed by atoms with E-state index < -0.39 is 0 Å². The summed E-state index contributed by atoms with van der Waals surface area (Å²) in [6, 6.07) is 6.99. The summed E-state index contributed by atoms with van der Waals surface area (Å²) in [4.78, 5) is 0. The Hall–Kier alpha value is -0.820. The van der Waals surface area contributed by atoms with Gasteiger partial charge in [-0.1, -0.05) is 44.7 Å². The van der Waals surface area contributed by atoms with Crippen LogP contribution in [0.3, 0.4) is 0 Å². The molecule has 17 heavy (non-hydrogen) atoms. The lowest BCUT2D eigenvalue weighted by atomic mass is 10.0. The zero-order chi connectivity index (χ0) is 12.1. The minimum absolute atomic E-state index is 1.25. The molecule has 1 heteroatoms. The lowest BCUT2D eigenvalue weighted by Crippen LogP contribution is -1.87. The quantitative estimate of drug-likeness (QED) is 0.572. The minimum atomic E-state index is 1.25. The number of hydrogen-bond donors (Lipinski definition) is 0. The van der Waals surface area contributed by atoms with Crippen LogP contribution in [0.1, 0.15) is 50.2 Å². The highest BCUT2D eigenvalue weighted by Crippen LogP contribution is 2.26. The standard InChI is InChI=1S/C16H22S/c1-3-4-5-6-7-8-14-11-13(2)16-15(12-14)9-10-17-16/h9-12H,3-8H2,1-2H3. The van der Waals surface area contributed by atoms with E-state index in [0.717, 1.165) is 0 Å². The Morgan fingerprint density at radius 2 is 1.88 bits per heavy atom. The van der Waals surface area contributed by atoms with Crippen LogP contribution >= 0.6 is 11.3 Å². The molecule has 0 atom stereocenters. The second kappa shape index (κ2) is 6.20. The first-order valence-corrected chi connectivity index (χ1v) is 7.66. The van der Waals surface area contributed by atoms with Gasteiger partial charge < -0.3 is 0 Å². The number of unbranched alkanes of at least 4 members (excludes halogenated alkanes) is 4. The lowest BCUT2D eigenvalue weighted by Gasteiger charge is -2.04.